The van der Waals surface area contributed by atoms with Gasteiger partial charge in [0.05, 0.1) is 22.8 Å². The van der Waals surface area contributed by atoms with Crippen molar-refractivity contribution >= 4 is 27.5 Å². The van der Waals surface area contributed by atoms with Crippen LogP contribution in [0.1, 0.15) is 6.92 Å². The summed E-state index contributed by atoms with van der Waals surface area (Å²) in [7, 11) is 1.29. The monoisotopic (exact) mass is 471 g/mol. The average molecular weight is 473 g/mol. The molecule has 0 amide bonds. The van der Waals surface area contributed by atoms with Crippen molar-refractivity contribution in [3.05, 3.63) is 73.7 Å². The standard InChI is InChI=1S/C20H14BrClF3NO2/c1-3-26-19(18-16(24)7-11(28-2)8-17(18)25)13(9-14(21)20(26)27)12-6-10(23)4-5-15(12)22/h4-9H,3H2,1-2H3. The Morgan fingerprint density at radius 1 is 1.07 bits per heavy atom. The molecule has 1 heterocycles. The van der Waals surface area contributed by atoms with Crippen molar-refractivity contribution in [1.29, 1.82) is 0 Å². The molecule has 0 atom stereocenters. The van der Waals surface area contributed by atoms with E-state index in [4.69, 9.17) is 16.3 Å². The third kappa shape index (κ3) is 3.56. The maximum Gasteiger partial charge on any atom is 0.265 e. The molecule has 0 N–H and O–H groups in total. The van der Waals surface area contributed by atoms with E-state index >= 15 is 0 Å². The molecular formula is C20H14BrClF3NO2. The molecule has 0 aliphatic carbocycles. The zero-order valence-corrected chi connectivity index (χ0v) is 17.2. The molecule has 0 saturated carbocycles. The number of methoxy groups -OCH3 is 1. The second-order valence-electron chi connectivity index (χ2n) is 5.89. The molecule has 0 spiro atoms. The molecule has 0 fully saturated rings. The molecule has 28 heavy (non-hydrogen) atoms. The zero-order valence-electron chi connectivity index (χ0n) is 14.8. The van der Waals surface area contributed by atoms with Gasteiger partial charge in [-0.2, -0.15) is 0 Å². The topological polar surface area (TPSA) is 31.2 Å². The van der Waals surface area contributed by atoms with Crippen LogP contribution in [0.3, 0.4) is 0 Å². The van der Waals surface area contributed by atoms with Gasteiger partial charge in [0.25, 0.3) is 5.56 Å². The first-order valence-corrected chi connectivity index (χ1v) is 9.37. The van der Waals surface area contributed by atoms with Crippen LogP contribution in [0, 0.1) is 17.5 Å². The second kappa shape index (κ2) is 8.01. The summed E-state index contributed by atoms with van der Waals surface area (Å²) >= 11 is 9.40. The van der Waals surface area contributed by atoms with Gasteiger partial charge < -0.3 is 9.30 Å². The van der Waals surface area contributed by atoms with Crippen molar-refractivity contribution < 1.29 is 17.9 Å². The first-order valence-electron chi connectivity index (χ1n) is 8.20. The van der Waals surface area contributed by atoms with Crippen molar-refractivity contribution in [3.63, 3.8) is 0 Å². The molecule has 3 rings (SSSR count). The average Bonchev–Trinajstić information content (AvgIpc) is 2.65. The second-order valence-corrected chi connectivity index (χ2v) is 7.16. The van der Waals surface area contributed by atoms with Crippen LogP contribution in [-0.2, 0) is 6.54 Å². The van der Waals surface area contributed by atoms with Gasteiger partial charge in [-0.3, -0.25) is 4.79 Å². The summed E-state index contributed by atoms with van der Waals surface area (Å²) in [5, 5.41) is 0.171. The third-order valence-electron chi connectivity index (χ3n) is 4.27. The molecule has 3 nitrogen and oxygen atoms in total. The summed E-state index contributed by atoms with van der Waals surface area (Å²) < 4.78 is 49.8. The van der Waals surface area contributed by atoms with E-state index in [9.17, 15) is 18.0 Å². The van der Waals surface area contributed by atoms with Crippen molar-refractivity contribution in [3.8, 4) is 28.1 Å². The van der Waals surface area contributed by atoms with E-state index < -0.39 is 28.6 Å². The van der Waals surface area contributed by atoms with E-state index in [0.717, 1.165) is 18.2 Å². The number of aromatic nitrogens is 1. The van der Waals surface area contributed by atoms with Gasteiger partial charge >= 0.3 is 0 Å². The molecular weight excluding hydrogens is 459 g/mol. The lowest BCUT2D eigenvalue weighted by Gasteiger charge is -2.19. The minimum Gasteiger partial charge on any atom is -0.497 e. The lowest BCUT2D eigenvalue weighted by atomic mass is 9.97. The van der Waals surface area contributed by atoms with Gasteiger partial charge in [0.2, 0.25) is 0 Å². The van der Waals surface area contributed by atoms with E-state index in [1.807, 2.05) is 0 Å². The zero-order chi connectivity index (χ0) is 20.6. The summed E-state index contributed by atoms with van der Waals surface area (Å²) in [6.07, 6.45) is 0. The van der Waals surface area contributed by atoms with Gasteiger partial charge in [0, 0.05) is 34.8 Å². The van der Waals surface area contributed by atoms with Crippen LogP contribution in [0.4, 0.5) is 13.2 Å². The van der Waals surface area contributed by atoms with Gasteiger partial charge in [-0.25, -0.2) is 13.2 Å². The van der Waals surface area contributed by atoms with Gasteiger partial charge in [0.15, 0.2) is 0 Å². The number of pyridine rings is 1. The van der Waals surface area contributed by atoms with E-state index in [1.54, 1.807) is 6.92 Å². The summed E-state index contributed by atoms with van der Waals surface area (Å²) in [6, 6.07) is 7.08. The molecule has 0 saturated heterocycles. The molecule has 0 aliphatic heterocycles. The quantitative estimate of drug-likeness (QED) is 0.463. The van der Waals surface area contributed by atoms with E-state index in [0.29, 0.717) is 0 Å². The van der Waals surface area contributed by atoms with Crippen LogP contribution in [0.15, 0.2) is 45.7 Å². The minimum atomic E-state index is -0.922. The third-order valence-corrected chi connectivity index (χ3v) is 5.17. The van der Waals surface area contributed by atoms with Gasteiger partial charge in [-0.15, -0.1) is 0 Å². The van der Waals surface area contributed by atoms with Crippen LogP contribution in [-0.4, -0.2) is 11.7 Å². The number of hydrogen-bond donors (Lipinski definition) is 0. The van der Waals surface area contributed by atoms with Crippen LogP contribution in [0.2, 0.25) is 5.02 Å². The van der Waals surface area contributed by atoms with Crippen molar-refractivity contribution in [2.24, 2.45) is 0 Å². The number of halogens is 5. The Labute approximate surface area is 172 Å². The highest BCUT2D eigenvalue weighted by atomic mass is 79.9. The predicted molar refractivity (Wildman–Crippen MR) is 106 cm³/mol. The first-order chi connectivity index (χ1) is 13.3. The van der Waals surface area contributed by atoms with Crippen molar-refractivity contribution in [2.75, 3.05) is 7.11 Å². The highest BCUT2D eigenvalue weighted by Gasteiger charge is 2.24. The molecule has 2 aromatic carbocycles. The highest BCUT2D eigenvalue weighted by molar-refractivity contribution is 9.10. The lowest BCUT2D eigenvalue weighted by Crippen LogP contribution is -2.23. The molecule has 0 radical (unpaired) electrons. The number of benzene rings is 2. The van der Waals surface area contributed by atoms with Crippen molar-refractivity contribution in [2.45, 2.75) is 13.5 Å². The number of hydrogen-bond acceptors (Lipinski definition) is 2. The highest BCUT2D eigenvalue weighted by Crippen LogP contribution is 2.39. The summed E-state index contributed by atoms with van der Waals surface area (Å²) in [5.41, 5.74) is -0.540. The fourth-order valence-electron chi connectivity index (χ4n) is 3.01. The number of ether oxygens (including phenoxy) is 1. The van der Waals surface area contributed by atoms with Crippen LogP contribution >= 0.6 is 27.5 Å². The van der Waals surface area contributed by atoms with Crippen LogP contribution in [0.25, 0.3) is 22.4 Å². The lowest BCUT2D eigenvalue weighted by molar-refractivity contribution is 0.407. The summed E-state index contributed by atoms with van der Waals surface area (Å²) in [6.45, 7) is 1.78. The molecule has 3 aromatic rings. The molecule has 146 valence electrons. The smallest absolute Gasteiger partial charge is 0.265 e. The van der Waals surface area contributed by atoms with Gasteiger partial charge in [-0.05, 0) is 47.1 Å². The molecule has 1 aromatic heterocycles. The Balaban J connectivity index is 2.49. The normalized spacial score (nSPS) is 11.0. The van der Waals surface area contributed by atoms with Crippen molar-refractivity contribution in [1.82, 2.24) is 4.57 Å². The number of rotatable bonds is 4. The Bertz CT molecular complexity index is 1110. The fourth-order valence-corrected chi connectivity index (χ4v) is 3.67. The van der Waals surface area contributed by atoms with Crippen LogP contribution < -0.4 is 10.3 Å². The first kappa shape index (κ1) is 20.5. The maximum absolute atomic E-state index is 14.9. The predicted octanol–water partition coefficient (Wildman–Crippen LogP) is 6.04. The summed E-state index contributed by atoms with van der Waals surface area (Å²) in [4.78, 5) is 12.6. The Kier molecular flexibility index (Phi) is 5.86. The van der Waals surface area contributed by atoms with Crippen LogP contribution in [0.5, 0.6) is 5.75 Å². The molecule has 8 heteroatoms. The minimum absolute atomic E-state index is 0.00778. The Hall–Kier alpha value is -2.25. The molecule has 0 unspecified atom stereocenters. The maximum atomic E-state index is 14.9. The van der Waals surface area contributed by atoms with E-state index in [-0.39, 0.29) is 38.6 Å². The fraction of sp³-hybridized carbons (Fsp3) is 0.150. The van der Waals surface area contributed by atoms with E-state index in [1.165, 1.54) is 29.9 Å². The largest absolute Gasteiger partial charge is 0.497 e. The number of nitrogens with zero attached hydrogens (tertiary/aromatic N) is 1. The molecule has 0 aliphatic rings. The Morgan fingerprint density at radius 2 is 1.71 bits per heavy atom. The van der Waals surface area contributed by atoms with Gasteiger partial charge in [0.1, 0.15) is 23.2 Å². The van der Waals surface area contributed by atoms with Gasteiger partial charge in [-0.1, -0.05) is 11.6 Å². The van der Waals surface area contributed by atoms with E-state index in [2.05, 4.69) is 15.9 Å². The Morgan fingerprint density at radius 3 is 2.29 bits per heavy atom. The summed E-state index contributed by atoms with van der Waals surface area (Å²) in [5.74, 6) is -2.43. The SMILES string of the molecule is CCn1c(-c2c(F)cc(OC)cc2F)c(-c2cc(F)ccc2Cl)cc(Br)c1=O. The molecule has 0 bridgehead atoms.